The van der Waals surface area contributed by atoms with Gasteiger partial charge in [0.1, 0.15) is 0 Å². The van der Waals surface area contributed by atoms with E-state index in [9.17, 15) is 13.2 Å². The Morgan fingerprint density at radius 1 is 0.786 bits per heavy atom. The first kappa shape index (κ1) is 20.1. The van der Waals surface area contributed by atoms with Crippen LogP contribution in [0.3, 0.4) is 0 Å². The zero-order chi connectivity index (χ0) is 20.1. The summed E-state index contributed by atoms with van der Waals surface area (Å²) in [6.45, 7) is 0. The molecule has 0 amide bonds. The molecule has 0 aliphatic rings. The van der Waals surface area contributed by atoms with Gasteiger partial charge in [0, 0.05) is 11.8 Å². The van der Waals surface area contributed by atoms with Gasteiger partial charge in [0.25, 0.3) is 10.0 Å². The Labute approximate surface area is 173 Å². The Hall–Kier alpha value is -2.60. The molecular weight excluding hydrogens is 417 g/mol. The summed E-state index contributed by atoms with van der Waals surface area (Å²) < 4.78 is 27.5. The number of nitrogens with one attached hydrogen (secondary N) is 1. The minimum absolute atomic E-state index is 0.0851. The average Bonchev–Trinajstić information content (AvgIpc) is 2.69. The van der Waals surface area contributed by atoms with Crippen molar-refractivity contribution in [3.8, 4) is 0 Å². The molecule has 7 heteroatoms. The molecule has 0 bridgehead atoms. The zero-order valence-electron chi connectivity index (χ0n) is 14.5. The van der Waals surface area contributed by atoms with E-state index in [1.165, 1.54) is 18.3 Å². The third kappa shape index (κ3) is 4.44. The van der Waals surface area contributed by atoms with Crippen molar-refractivity contribution < 1.29 is 13.2 Å². The van der Waals surface area contributed by atoms with Crippen molar-refractivity contribution in [2.45, 2.75) is 4.90 Å². The summed E-state index contributed by atoms with van der Waals surface area (Å²) in [4.78, 5) is 13.3. The summed E-state index contributed by atoms with van der Waals surface area (Å²) in [5.74, 6) is -0.488. The van der Waals surface area contributed by atoms with E-state index in [0.29, 0.717) is 5.56 Å². The Bertz CT molecular complexity index is 1110. The smallest absolute Gasteiger partial charge is 0.261 e. The van der Waals surface area contributed by atoms with Crippen LogP contribution in [0.1, 0.15) is 15.9 Å². The lowest BCUT2D eigenvalue weighted by Gasteiger charge is -2.11. The van der Waals surface area contributed by atoms with Crippen molar-refractivity contribution >= 4 is 44.6 Å². The van der Waals surface area contributed by atoms with E-state index in [1.54, 1.807) is 66.7 Å². The van der Waals surface area contributed by atoms with Crippen LogP contribution in [0.25, 0.3) is 5.57 Å². The lowest BCUT2D eigenvalue weighted by molar-refractivity contribution is 0.105. The van der Waals surface area contributed by atoms with Crippen LogP contribution in [-0.4, -0.2) is 14.2 Å². The number of hydrogen-bond donors (Lipinski definition) is 1. The topological polar surface area (TPSA) is 63.2 Å². The summed E-state index contributed by atoms with van der Waals surface area (Å²) in [7, 11) is -3.84. The molecule has 0 atom stereocenters. The molecule has 3 aromatic carbocycles. The van der Waals surface area contributed by atoms with E-state index in [2.05, 4.69) is 4.72 Å². The Morgan fingerprint density at radius 2 is 1.32 bits per heavy atom. The van der Waals surface area contributed by atoms with Gasteiger partial charge in [-0.1, -0.05) is 77.8 Å². The van der Waals surface area contributed by atoms with E-state index < -0.39 is 15.8 Å². The predicted molar refractivity (Wildman–Crippen MR) is 112 cm³/mol. The fraction of sp³-hybridized carbons (Fsp3) is 0. The second-order valence-electron chi connectivity index (χ2n) is 5.78. The molecule has 0 saturated carbocycles. The number of carbonyl (C=O) groups is 1. The minimum Gasteiger partial charge on any atom is -0.288 e. The predicted octanol–water partition coefficient (Wildman–Crippen LogP) is 5.20. The molecule has 142 valence electrons. The summed E-state index contributed by atoms with van der Waals surface area (Å²) >= 11 is 12.3. The summed E-state index contributed by atoms with van der Waals surface area (Å²) in [6.07, 6.45) is 1.17. The molecule has 0 heterocycles. The second kappa shape index (κ2) is 8.61. The lowest BCUT2D eigenvalue weighted by Crippen LogP contribution is -2.19. The van der Waals surface area contributed by atoms with Gasteiger partial charge in [-0.05, 0) is 29.8 Å². The molecule has 3 rings (SSSR count). The largest absolute Gasteiger partial charge is 0.288 e. The van der Waals surface area contributed by atoms with Gasteiger partial charge in [0.05, 0.1) is 20.5 Å². The first-order valence-electron chi connectivity index (χ1n) is 8.22. The van der Waals surface area contributed by atoms with E-state index in [0.717, 1.165) is 0 Å². The average molecular weight is 432 g/mol. The number of benzene rings is 3. The van der Waals surface area contributed by atoms with Gasteiger partial charge in [-0.25, -0.2) is 8.42 Å². The van der Waals surface area contributed by atoms with Crippen molar-refractivity contribution in [2.24, 2.45) is 0 Å². The van der Waals surface area contributed by atoms with Crippen LogP contribution in [0.4, 0.5) is 0 Å². The van der Waals surface area contributed by atoms with Gasteiger partial charge in [-0.2, -0.15) is 0 Å². The van der Waals surface area contributed by atoms with Crippen LogP contribution in [0.2, 0.25) is 10.0 Å². The number of hydrogen-bond acceptors (Lipinski definition) is 3. The fourth-order valence-corrected chi connectivity index (χ4v) is 4.04. The zero-order valence-corrected chi connectivity index (χ0v) is 16.8. The molecule has 0 aliphatic heterocycles. The number of Topliss-reactive ketones (excluding diaryl/α,β-unsaturated/α-hetero) is 1. The second-order valence-corrected chi connectivity index (χ2v) is 8.31. The highest BCUT2D eigenvalue weighted by atomic mass is 35.5. The van der Waals surface area contributed by atoms with Gasteiger partial charge in [-0.15, -0.1) is 0 Å². The number of halogens is 2. The maximum absolute atomic E-state index is 13.2. The maximum Gasteiger partial charge on any atom is 0.261 e. The van der Waals surface area contributed by atoms with E-state index in [4.69, 9.17) is 23.2 Å². The molecule has 0 radical (unpaired) electrons. The minimum atomic E-state index is -3.84. The third-order valence-electron chi connectivity index (χ3n) is 3.93. The van der Waals surface area contributed by atoms with E-state index in [1.807, 2.05) is 0 Å². The normalized spacial score (nSPS) is 11.9. The number of ketones is 1. The maximum atomic E-state index is 13.2. The van der Waals surface area contributed by atoms with Crippen LogP contribution in [0.15, 0.2) is 90.0 Å². The quantitative estimate of drug-likeness (QED) is 0.431. The van der Waals surface area contributed by atoms with Gasteiger partial charge in [0.15, 0.2) is 5.78 Å². The summed E-state index contributed by atoms with van der Waals surface area (Å²) in [5, 5.41) is 0.371. The molecule has 3 aromatic rings. The van der Waals surface area contributed by atoms with Crippen LogP contribution in [0, 0.1) is 0 Å². The number of carbonyl (C=O) groups excluding carboxylic acids is 1. The van der Waals surface area contributed by atoms with Gasteiger partial charge in [-0.3, -0.25) is 9.52 Å². The Morgan fingerprint density at radius 3 is 1.89 bits per heavy atom. The molecule has 0 saturated heterocycles. The van der Waals surface area contributed by atoms with Gasteiger partial charge < -0.3 is 0 Å². The highest BCUT2D eigenvalue weighted by Gasteiger charge is 2.21. The Balaban J connectivity index is 2.06. The molecule has 0 fully saturated rings. The first-order valence-corrected chi connectivity index (χ1v) is 10.5. The van der Waals surface area contributed by atoms with Crippen molar-refractivity contribution in [3.63, 3.8) is 0 Å². The SMILES string of the molecule is O=C(/C(=C\NS(=O)(=O)c1ccccc1)c1ccccc1)c1c(Cl)cccc1Cl. The van der Waals surface area contributed by atoms with Gasteiger partial charge in [0.2, 0.25) is 0 Å². The third-order valence-corrected chi connectivity index (χ3v) is 5.88. The molecule has 1 N–H and O–H groups in total. The van der Waals surface area contributed by atoms with Crippen LogP contribution < -0.4 is 4.72 Å². The number of allylic oxidation sites excluding steroid dienone is 1. The molecule has 0 spiro atoms. The summed E-state index contributed by atoms with van der Waals surface area (Å²) in [5.41, 5.74) is 0.759. The summed E-state index contributed by atoms with van der Waals surface area (Å²) in [6, 6.07) is 21.3. The number of rotatable bonds is 6. The fourth-order valence-electron chi connectivity index (χ4n) is 2.55. The van der Waals surface area contributed by atoms with Crippen LogP contribution in [-0.2, 0) is 10.0 Å². The first-order chi connectivity index (χ1) is 13.4. The van der Waals surface area contributed by atoms with E-state index in [-0.39, 0.29) is 26.1 Å². The molecule has 0 aliphatic carbocycles. The van der Waals surface area contributed by atoms with Crippen LogP contribution in [0.5, 0.6) is 0 Å². The van der Waals surface area contributed by atoms with Crippen molar-refractivity contribution in [1.29, 1.82) is 0 Å². The molecule has 4 nitrogen and oxygen atoms in total. The number of sulfonamides is 1. The lowest BCUT2D eigenvalue weighted by atomic mass is 9.97. The molecule has 0 unspecified atom stereocenters. The highest BCUT2D eigenvalue weighted by molar-refractivity contribution is 7.89. The van der Waals surface area contributed by atoms with Crippen molar-refractivity contribution in [3.05, 3.63) is 106 Å². The van der Waals surface area contributed by atoms with Crippen molar-refractivity contribution in [2.75, 3.05) is 0 Å². The highest BCUT2D eigenvalue weighted by Crippen LogP contribution is 2.30. The monoisotopic (exact) mass is 431 g/mol. The van der Waals surface area contributed by atoms with Crippen molar-refractivity contribution in [1.82, 2.24) is 4.72 Å². The van der Waals surface area contributed by atoms with E-state index >= 15 is 0 Å². The molecule has 28 heavy (non-hydrogen) atoms. The molecular formula is C21H15Cl2NO3S. The Kier molecular flexibility index (Phi) is 6.19. The van der Waals surface area contributed by atoms with Gasteiger partial charge >= 0.3 is 0 Å². The standard InChI is InChI=1S/C21H15Cl2NO3S/c22-18-12-7-13-19(23)20(18)21(25)17(15-8-3-1-4-9-15)14-24-28(26,27)16-10-5-2-6-11-16/h1-14,24H/b17-14-. The molecule has 0 aromatic heterocycles. The van der Waals surface area contributed by atoms with Crippen LogP contribution >= 0.6 is 23.2 Å².